The van der Waals surface area contributed by atoms with Gasteiger partial charge in [0.05, 0.1) is 18.1 Å². The van der Waals surface area contributed by atoms with E-state index in [9.17, 15) is 17.6 Å². The zero-order valence-corrected chi connectivity index (χ0v) is 11.6. The number of alkyl halides is 4. The first-order valence-electron chi connectivity index (χ1n) is 5.93. The zero-order chi connectivity index (χ0) is 16.1. The van der Waals surface area contributed by atoms with Crippen molar-refractivity contribution in [3.8, 4) is 22.9 Å². The fraction of sp³-hybridized carbons (Fsp3) is 0.231. The molecule has 0 saturated heterocycles. The maximum Gasteiger partial charge on any atom is 0.388 e. The molecule has 0 radical (unpaired) electrons. The van der Waals surface area contributed by atoms with E-state index in [2.05, 4.69) is 14.7 Å². The highest BCUT2D eigenvalue weighted by atomic mass is 35.5. The van der Waals surface area contributed by atoms with Crippen LogP contribution in [-0.4, -0.2) is 29.6 Å². The zero-order valence-electron chi connectivity index (χ0n) is 10.8. The van der Waals surface area contributed by atoms with Gasteiger partial charge in [-0.2, -0.15) is 8.78 Å². The lowest BCUT2D eigenvalue weighted by atomic mass is 10.1. The van der Waals surface area contributed by atoms with Gasteiger partial charge in [-0.3, -0.25) is 0 Å². The minimum atomic E-state index is -3.01. The van der Waals surface area contributed by atoms with Gasteiger partial charge in [-0.15, -0.1) is 0 Å². The van der Waals surface area contributed by atoms with E-state index >= 15 is 0 Å². The summed E-state index contributed by atoms with van der Waals surface area (Å²) in [6, 6.07) is 4.36. The lowest BCUT2D eigenvalue weighted by Crippen LogP contribution is -2.08. The second kappa shape index (κ2) is 7.26. The molecule has 0 aliphatic heterocycles. The maximum absolute atomic E-state index is 12.3. The number of rotatable bonds is 6. The van der Waals surface area contributed by atoms with Gasteiger partial charge in [0, 0.05) is 10.6 Å². The van der Waals surface area contributed by atoms with Crippen LogP contribution in [0.4, 0.5) is 17.6 Å². The van der Waals surface area contributed by atoms with Crippen molar-refractivity contribution in [1.29, 1.82) is 0 Å². The first kappa shape index (κ1) is 16.3. The van der Waals surface area contributed by atoms with Crippen LogP contribution < -0.4 is 9.47 Å². The van der Waals surface area contributed by atoms with Crippen LogP contribution in [0, 0.1) is 0 Å². The monoisotopic (exact) mass is 336 g/mol. The van der Waals surface area contributed by atoms with Crippen LogP contribution in [0.2, 0.25) is 5.02 Å². The Balaban J connectivity index is 2.27. The molecule has 0 fully saturated rings. The smallest absolute Gasteiger partial charge is 0.388 e. The average molecular weight is 337 g/mol. The van der Waals surface area contributed by atoms with Crippen molar-refractivity contribution in [3.63, 3.8) is 0 Å². The molecule has 1 aromatic carbocycles. The van der Waals surface area contributed by atoms with Crippen LogP contribution >= 0.6 is 11.6 Å². The number of hydrogen-bond acceptors (Lipinski definition) is 4. The van der Waals surface area contributed by atoms with Crippen LogP contribution in [0.1, 0.15) is 0 Å². The van der Waals surface area contributed by atoms with Gasteiger partial charge in [0.15, 0.2) is 0 Å². The minimum Gasteiger partial charge on any atom is -0.487 e. The fourth-order valence-electron chi connectivity index (χ4n) is 1.59. The summed E-state index contributed by atoms with van der Waals surface area (Å²) >= 11 is 5.80. The summed E-state index contributed by atoms with van der Waals surface area (Å²) < 4.78 is 57.6. The maximum atomic E-state index is 12.3. The molecule has 0 atom stereocenters. The second-order valence-corrected chi connectivity index (χ2v) is 4.40. The molecule has 2 rings (SSSR count). The third-order valence-corrected chi connectivity index (χ3v) is 2.66. The predicted molar refractivity (Wildman–Crippen MR) is 70.6 cm³/mol. The lowest BCUT2D eigenvalue weighted by molar-refractivity contribution is -0.0530. The molecule has 0 amide bonds. The Morgan fingerprint density at radius 3 is 2.45 bits per heavy atom. The number of ether oxygens (including phenoxy) is 2. The van der Waals surface area contributed by atoms with Crippen molar-refractivity contribution in [2.75, 3.05) is 6.61 Å². The van der Waals surface area contributed by atoms with Crippen LogP contribution in [0.3, 0.4) is 0 Å². The van der Waals surface area contributed by atoms with Crippen LogP contribution in [0.5, 0.6) is 11.6 Å². The molecular formula is C13H9ClF4N2O2. The summed E-state index contributed by atoms with van der Waals surface area (Å²) in [5, 5.41) is 0.290. The molecule has 0 spiro atoms. The highest BCUT2D eigenvalue weighted by Gasteiger charge is 2.13. The summed E-state index contributed by atoms with van der Waals surface area (Å²) in [4.78, 5) is 7.54. The molecule has 0 saturated carbocycles. The molecular weight excluding hydrogens is 328 g/mol. The van der Waals surface area contributed by atoms with E-state index in [1.54, 1.807) is 0 Å². The molecule has 4 nitrogen and oxygen atoms in total. The molecule has 9 heteroatoms. The number of aromatic nitrogens is 2. The average Bonchev–Trinajstić information content (AvgIpc) is 2.45. The van der Waals surface area contributed by atoms with Crippen molar-refractivity contribution in [1.82, 2.24) is 9.97 Å². The van der Waals surface area contributed by atoms with Gasteiger partial charge in [-0.05, 0) is 18.2 Å². The van der Waals surface area contributed by atoms with E-state index in [1.165, 1.54) is 18.2 Å². The molecule has 118 valence electrons. The second-order valence-electron chi connectivity index (χ2n) is 3.96. The normalized spacial score (nSPS) is 11.0. The van der Waals surface area contributed by atoms with Gasteiger partial charge < -0.3 is 9.47 Å². The molecule has 0 aliphatic rings. The molecule has 0 N–H and O–H groups in total. The van der Waals surface area contributed by atoms with E-state index in [0.29, 0.717) is 10.6 Å². The number of benzene rings is 1. The lowest BCUT2D eigenvalue weighted by Gasteiger charge is -2.11. The van der Waals surface area contributed by atoms with Gasteiger partial charge in [-0.1, -0.05) is 11.6 Å². The van der Waals surface area contributed by atoms with Crippen molar-refractivity contribution in [2.45, 2.75) is 13.0 Å². The molecule has 0 unspecified atom stereocenters. The molecule has 1 aromatic heterocycles. The van der Waals surface area contributed by atoms with Gasteiger partial charge >= 0.3 is 6.61 Å². The topological polar surface area (TPSA) is 44.2 Å². The summed E-state index contributed by atoms with van der Waals surface area (Å²) in [6.45, 7) is -3.83. The molecule has 22 heavy (non-hydrogen) atoms. The molecule has 0 aliphatic carbocycles. The SMILES string of the molecule is FC(F)COc1cc(Cl)ccc1-c1cnc(OC(F)F)cn1. The van der Waals surface area contributed by atoms with Crippen molar-refractivity contribution < 1.29 is 27.0 Å². The van der Waals surface area contributed by atoms with Crippen LogP contribution in [-0.2, 0) is 0 Å². The molecule has 2 aromatic rings. The Morgan fingerprint density at radius 2 is 1.86 bits per heavy atom. The van der Waals surface area contributed by atoms with Crippen molar-refractivity contribution in [3.05, 3.63) is 35.6 Å². The van der Waals surface area contributed by atoms with E-state index in [4.69, 9.17) is 16.3 Å². The van der Waals surface area contributed by atoms with E-state index < -0.39 is 19.6 Å². The summed E-state index contributed by atoms with van der Waals surface area (Å²) in [7, 11) is 0. The van der Waals surface area contributed by atoms with Crippen molar-refractivity contribution in [2.24, 2.45) is 0 Å². The molecule has 1 heterocycles. The van der Waals surface area contributed by atoms with Crippen LogP contribution in [0.25, 0.3) is 11.3 Å². The van der Waals surface area contributed by atoms with E-state index in [-0.39, 0.29) is 17.3 Å². The highest BCUT2D eigenvalue weighted by Crippen LogP contribution is 2.31. The number of halogens is 5. The minimum absolute atomic E-state index is 0.0876. The summed E-state index contributed by atoms with van der Waals surface area (Å²) in [5.41, 5.74) is 0.587. The Labute approximate surface area is 127 Å². The standard InChI is InChI=1S/C13H9ClF4N2O2/c14-7-1-2-8(10(3-7)21-6-11(15)16)9-4-20-12(5-19-9)22-13(17)18/h1-5,11,13H,6H2. The number of nitrogens with zero attached hydrogens (tertiary/aromatic N) is 2. The fourth-order valence-corrected chi connectivity index (χ4v) is 1.75. The van der Waals surface area contributed by atoms with Gasteiger partial charge in [0.1, 0.15) is 12.4 Å². The first-order valence-corrected chi connectivity index (χ1v) is 6.31. The first-order chi connectivity index (χ1) is 10.5. The third kappa shape index (κ3) is 4.45. The number of hydrogen-bond donors (Lipinski definition) is 0. The molecule has 0 bridgehead atoms. The Morgan fingerprint density at radius 1 is 1.09 bits per heavy atom. The predicted octanol–water partition coefficient (Wildman–Crippen LogP) is 4.04. The van der Waals surface area contributed by atoms with E-state index in [1.807, 2.05) is 0 Å². The third-order valence-electron chi connectivity index (χ3n) is 2.42. The largest absolute Gasteiger partial charge is 0.487 e. The van der Waals surface area contributed by atoms with Crippen molar-refractivity contribution >= 4 is 11.6 Å². The van der Waals surface area contributed by atoms with Gasteiger partial charge in [-0.25, -0.2) is 18.7 Å². The quantitative estimate of drug-likeness (QED) is 0.747. The highest BCUT2D eigenvalue weighted by molar-refractivity contribution is 6.30. The van der Waals surface area contributed by atoms with Gasteiger partial charge in [0.2, 0.25) is 5.88 Å². The summed E-state index contributed by atoms with van der Waals surface area (Å²) in [6.07, 6.45) is -0.497. The van der Waals surface area contributed by atoms with Crippen LogP contribution in [0.15, 0.2) is 30.6 Å². The van der Waals surface area contributed by atoms with Gasteiger partial charge in [0.25, 0.3) is 6.43 Å². The Bertz CT molecular complexity index is 626. The summed E-state index contributed by atoms with van der Waals surface area (Å²) in [5.74, 6) is -0.271. The van der Waals surface area contributed by atoms with E-state index in [0.717, 1.165) is 12.4 Å². The Hall–Kier alpha value is -2.09. The Kier molecular flexibility index (Phi) is 5.37.